The summed E-state index contributed by atoms with van der Waals surface area (Å²) in [5.41, 5.74) is 3.66. The largest absolute Gasteiger partial charge is 0.445 e. The average molecular weight is 538 g/mol. The first-order chi connectivity index (χ1) is 19.6. The summed E-state index contributed by atoms with van der Waals surface area (Å²) in [5, 5.41) is 20.6. The highest BCUT2D eigenvalue weighted by Crippen LogP contribution is 2.12. The van der Waals surface area contributed by atoms with Crippen molar-refractivity contribution >= 4 is 12.0 Å². The van der Waals surface area contributed by atoms with E-state index in [1.54, 1.807) is 0 Å². The Morgan fingerprint density at radius 2 is 1.12 bits per heavy atom. The molecule has 3 atom stereocenters. The molecule has 40 heavy (non-hydrogen) atoms. The van der Waals surface area contributed by atoms with Crippen LogP contribution in [0, 0.1) is 0 Å². The lowest BCUT2D eigenvalue weighted by atomic mass is 9.95. The molecule has 7 nitrogen and oxygen atoms in total. The lowest BCUT2D eigenvalue weighted by Gasteiger charge is -2.30. The third kappa shape index (κ3) is 9.08. The van der Waals surface area contributed by atoms with Gasteiger partial charge in [0.15, 0.2) is 0 Å². The van der Waals surface area contributed by atoms with E-state index < -0.39 is 24.3 Å². The fourth-order valence-electron chi connectivity index (χ4n) is 4.36. The molecule has 0 aliphatic rings. The number of amides is 2. The summed E-state index contributed by atoms with van der Waals surface area (Å²) in [6.45, 7) is 0.762. The first-order valence-electron chi connectivity index (χ1n) is 13.4. The van der Waals surface area contributed by atoms with Gasteiger partial charge in [-0.2, -0.15) is 0 Å². The van der Waals surface area contributed by atoms with Crippen molar-refractivity contribution in [3.8, 4) is 0 Å². The molecule has 0 aliphatic carbocycles. The SMILES string of the molecule is O=C(N[C@@H](Cc1ccccc1)[C@@H](O)[C@@H](NCc1ccccc1)C(=O)NCc1ccccc1)OCc1ccccc1. The van der Waals surface area contributed by atoms with Crippen LogP contribution in [0.5, 0.6) is 0 Å². The number of rotatable bonds is 13. The molecule has 0 heterocycles. The zero-order chi connectivity index (χ0) is 28.0. The van der Waals surface area contributed by atoms with E-state index in [4.69, 9.17) is 4.74 Å². The minimum Gasteiger partial charge on any atom is -0.445 e. The van der Waals surface area contributed by atoms with Gasteiger partial charge in [-0.15, -0.1) is 0 Å². The van der Waals surface area contributed by atoms with Crippen molar-refractivity contribution in [2.24, 2.45) is 0 Å². The maximum atomic E-state index is 13.5. The second-order valence-electron chi connectivity index (χ2n) is 9.54. The third-order valence-corrected chi connectivity index (χ3v) is 6.53. The van der Waals surface area contributed by atoms with Crippen LogP contribution in [0.1, 0.15) is 22.3 Å². The Balaban J connectivity index is 1.50. The summed E-state index contributed by atoms with van der Waals surface area (Å²) < 4.78 is 5.44. The fraction of sp³-hybridized carbons (Fsp3) is 0.212. The molecule has 2 amide bonds. The van der Waals surface area contributed by atoms with E-state index in [0.717, 1.165) is 22.3 Å². The first kappa shape index (κ1) is 28.5. The molecular weight excluding hydrogens is 502 g/mol. The lowest BCUT2D eigenvalue weighted by molar-refractivity contribution is -0.126. The van der Waals surface area contributed by atoms with E-state index in [2.05, 4.69) is 16.0 Å². The average Bonchev–Trinajstić information content (AvgIpc) is 3.01. The van der Waals surface area contributed by atoms with E-state index in [0.29, 0.717) is 19.5 Å². The molecule has 4 rings (SSSR count). The molecule has 4 aromatic carbocycles. The molecule has 0 radical (unpaired) electrons. The van der Waals surface area contributed by atoms with Gasteiger partial charge in [-0.25, -0.2) is 4.79 Å². The zero-order valence-corrected chi connectivity index (χ0v) is 22.3. The molecule has 0 aliphatic heterocycles. The summed E-state index contributed by atoms with van der Waals surface area (Å²) in [7, 11) is 0. The number of nitrogens with one attached hydrogen (secondary N) is 3. The normalized spacial score (nSPS) is 13.0. The Morgan fingerprint density at radius 1 is 0.650 bits per heavy atom. The molecule has 0 saturated carbocycles. The Labute approximate surface area is 235 Å². The van der Waals surface area contributed by atoms with Crippen LogP contribution in [0.3, 0.4) is 0 Å². The number of carbonyl (C=O) groups is 2. The van der Waals surface area contributed by atoms with Crippen molar-refractivity contribution in [3.05, 3.63) is 144 Å². The van der Waals surface area contributed by atoms with Crippen molar-refractivity contribution in [1.82, 2.24) is 16.0 Å². The van der Waals surface area contributed by atoms with Gasteiger partial charge in [0, 0.05) is 13.1 Å². The van der Waals surface area contributed by atoms with Crippen LogP contribution >= 0.6 is 0 Å². The quantitative estimate of drug-likeness (QED) is 0.203. The molecule has 4 aromatic rings. The molecule has 7 heteroatoms. The molecule has 206 valence electrons. The van der Waals surface area contributed by atoms with Gasteiger partial charge < -0.3 is 20.5 Å². The van der Waals surface area contributed by atoms with E-state index >= 15 is 0 Å². The van der Waals surface area contributed by atoms with Crippen molar-refractivity contribution in [3.63, 3.8) is 0 Å². The second-order valence-corrected chi connectivity index (χ2v) is 9.54. The number of hydrogen-bond donors (Lipinski definition) is 4. The smallest absolute Gasteiger partial charge is 0.407 e. The van der Waals surface area contributed by atoms with Crippen LogP contribution in [0.2, 0.25) is 0 Å². The van der Waals surface area contributed by atoms with Crippen molar-refractivity contribution in [2.45, 2.75) is 44.3 Å². The molecular formula is C33H35N3O4. The Kier molecular flexibility index (Phi) is 10.9. The minimum absolute atomic E-state index is 0.0913. The number of benzene rings is 4. The highest BCUT2D eigenvalue weighted by Gasteiger charge is 2.34. The van der Waals surface area contributed by atoms with Crippen molar-refractivity contribution in [2.75, 3.05) is 0 Å². The van der Waals surface area contributed by atoms with Gasteiger partial charge in [-0.3, -0.25) is 10.1 Å². The Morgan fingerprint density at radius 3 is 1.68 bits per heavy atom. The maximum absolute atomic E-state index is 13.5. The van der Waals surface area contributed by atoms with E-state index in [-0.39, 0.29) is 12.5 Å². The first-order valence-corrected chi connectivity index (χ1v) is 13.4. The predicted octanol–water partition coefficient (Wildman–Crippen LogP) is 4.36. The lowest BCUT2D eigenvalue weighted by Crippen LogP contribution is -2.59. The monoisotopic (exact) mass is 537 g/mol. The van der Waals surface area contributed by atoms with Gasteiger partial charge in [0.25, 0.3) is 0 Å². The summed E-state index contributed by atoms with van der Waals surface area (Å²) in [6.07, 6.45) is -1.63. The number of hydrogen-bond acceptors (Lipinski definition) is 5. The Bertz CT molecular complexity index is 1300. The molecule has 0 saturated heterocycles. The number of ether oxygens (including phenoxy) is 1. The van der Waals surface area contributed by atoms with E-state index in [9.17, 15) is 14.7 Å². The molecule has 4 N–H and O–H groups in total. The summed E-state index contributed by atoms with van der Waals surface area (Å²) in [5.74, 6) is -0.371. The molecule has 0 unspecified atom stereocenters. The van der Waals surface area contributed by atoms with Crippen LogP contribution < -0.4 is 16.0 Å². The van der Waals surface area contributed by atoms with Gasteiger partial charge in [0.05, 0.1) is 12.1 Å². The molecule has 0 fully saturated rings. The topological polar surface area (TPSA) is 99.7 Å². The van der Waals surface area contributed by atoms with Crippen LogP contribution in [-0.4, -0.2) is 35.3 Å². The Hall–Kier alpha value is -4.46. The second kappa shape index (κ2) is 15.2. The van der Waals surface area contributed by atoms with Crippen LogP contribution in [0.25, 0.3) is 0 Å². The third-order valence-electron chi connectivity index (χ3n) is 6.53. The van der Waals surface area contributed by atoms with Gasteiger partial charge in [-0.1, -0.05) is 121 Å². The van der Waals surface area contributed by atoms with Crippen LogP contribution in [-0.2, 0) is 35.6 Å². The van der Waals surface area contributed by atoms with Gasteiger partial charge >= 0.3 is 6.09 Å². The summed E-state index contributed by atoms with van der Waals surface area (Å²) in [4.78, 5) is 26.3. The highest BCUT2D eigenvalue weighted by molar-refractivity contribution is 5.82. The number of aliphatic hydroxyl groups excluding tert-OH is 1. The summed E-state index contributed by atoms with van der Waals surface area (Å²) in [6, 6.07) is 36.3. The van der Waals surface area contributed by atoms with Gasteiger partial charge in [0.1, 0.15) is 12.6 Å². The van der Waals surface area contributed by atoms with Crippen molar-refractivity contribution < 1.29 is 19.4 Å². The number of carbonyl (C=O) groups excluding carboxylic acids is 2. The van der Waals surface area contributed by atoms with Crippen LogP contribution in [0.15, 0.2) is 121 Å². The van der Waals surface area contributed by atoms with Crippen molar-refractivity contribution in [1.29, 1.82) is 0 Å². The molecule has 0 aromatic heterocycles. The maximum Gasteiger partial charge on any atom is 0.407 e. The standard InChI is InChI=1S/C33H35N3O4/c37-31(29(21-25-13-5-1-6-14-25)36-33(39)40-24-28-19-11-4-12-20-28)30(34-22-26-15-7-2-8-16-26)32(38)35-23-27-17-9-3-10-18-27/h1-20,29-31,34,37H,21-24H2,(H,35,38)(H,36,39)/t29-,30+,31+/m0/s1. The number of aliphatic hydroxyl groups is 1. The predicted molar refractivity (Wildman–Crippen MR) is 155 cm³/mol. The summed E-state index contributed by atoms with van der Waals surface area (Å²) >= 11 is 0. The van der Waals surface area contributed by atoms with E-state index in [1.807, 2.05) is 121 Å². The molecule has 0 bridgehead atoms. The zero-order valence-electron chi connectivity index (χ0n) is 22.3. The van der Waals surface area contributed by atoms with Gasteiger partial charge in [-0.05, 0) is 28.7 Å². The minimum atomic E-state index is -1.26. The van der Waals surface area contributed by atoms with Crippen LogP contribution in [0.4, 0.5) is 4.79 Å². The molecule has 0 spiro atoms. The highest BCUT2D eigenvalue weighted by atomic mass is 16.5. The number of alkyl carbamates (subject to hydrolysis) is 1. The fourth-order valence-corrected chi connectivity index (χ4v) is 4.36. The van der Waals surface area contributed by atoms with Gasteiger partial charge in [0.2, 0.25) is 5.91 Å². The van der Waals surface area contributed by atoms with E-state index in [1.165, 1.54) is 0 Å².